The number of fused-ring (bicyclic) bond motifs is 1. The van der Waals surface area contributed by atoms with Gasteiger partial charge in [-0.1, -0.05) is 42.5 Å². The Balaban J connectivity index is 1.64. The van der Waals surface area contributed by atoms with Gasteiger partial charge in [0.2, 0.25) is 0 Å². The molecular weight excluding hydrogens is 350 g/mol. The van der Waals surface area contributed by atoms with Crippen molar-refractivity contribution in [3.63, 3.8) is 0 Å². The monoisotopic (exact) mass is 373 g/mol. The zero-order valence-electron chi connectivity index (χ0n) is 16.5. The normalized spacial score (nSPS) is 11.1. The molecule has 5 heteroatoms. The second kappa shape index (κ2) is 7.00. The van der Waals surface area contributed by atoms with Crippen LogP contribution in [0.4, 0.5) is 5.69 Å². The Labute approximate surface area is 164 Å². The van der Waals surface area contributed by atoms with Crippen LogP contribution >= 0.6 is 0 Å². The van der Waals surface area contributed by atoms with E-state index >= 15 is 0 Å². The molecule has 0 aliphatic rings. The summed E-state index contributed by atoms with van der Waals surface area (Å²) in [7, 11) is 0. The molecule has 4 rings (SSSR count). The molecule has 4 aromatic rings. The molecule has 0 saturated heterocycles. The second-order valence-corrected chi connectivity index (χ2v) is 7.12. The standard InChI is InChI=1S/C23H23N3O2/c1-14-12-21(17(4)28-14)23(27)24-22-15(2)25-26(16(22)3)13-19-10-7-9-18-8-5-6-11-20(18)19/h5-12H,13H2,1-4H3,(H,24,27). The predicted molar refractivity (Wildman–Crippen MR) is 111 cm³/mol. The number of benzene rings is 2. The van der Waals surface area contributed by atoms with Crippen LogP contribution in [0.2, 0.25) is 0 Å². The van der Waals surface area contributed by atoms with E-state index in [1.165, 1.54) is 16.3 Å². The third-order valence-corrected chi connectivity index (χ3v) is 5.11. The quantitative estimate of drug-likeness (QED) is 0.537. The van der Waals surface area contributed by atoms with Crippen LogP contribution in [0, 0.1) is 27.7 Å². The molecule has 1 N–H and O–H groups in total. The molecule has 142 valence electrons. The van der Waals surface area contributed by atoms with Gasteiger partial charge < -0.3 is 9.73 Å². The molecule has 2 heterocycles. The average Bonchev–Trinajstić information content (AvgIpc) is 3.15. The van der Waals surface area contributed by atoms with Gasteiger partial charge in [-0.3, -0.25) is 9.48 Å². The van der Waals surface area contributed by atoms with E-state index in [0.29, 0.717) is 17.9 Å². The van der Waals surface area contributed by atoms with Gasteiger partial charge in [0.15, 0.2) is 0 Å². The summed E-state index contributed by atoms with van der Waals surface area (Å²) in [5, 5.41) is 10.1. The molecule has 0 spiro atoms. The zero-order chi connectivity index (χ0) is 19.8. The molecular formula is C23H23N3O2. The van der Waals surface area contributed by atoms with Crippen molar-refractivity contribution in [2.24, 2.45) is 0 Å². The number of aryl methyl sites for hydroxylation is 3. The van der Waals surface area contributed by atoms with Crippen molar-refractivity contribution in [3.05, 3.63) is 82.6 Å². The van der Waals surface area contributed by atoms with Crippen LogP contribution in [0.25, 0.3) is 10.8 Å². The molecule has 0 atom stereocenters. The minimum Gasteiger partial charge on any atom is -0.466 e. The van der Waals surface area contributed by atoms with Gasteiger partial charge in [0.1, 0.15) is 11.5 Å². The maximum Gasteiger partial charge on any atom is 0.259 e. The third-order valence-electron chi connectivity index (χ3n) is 5.11. The Kier molecular flexibility index (Phi) is 4.51. The highest BCUT2D eigenvalue weighted by Gasteiger charge is 2.19. The van der Waals surface area contributed by atoms with Crippen molar-refractivity contribution in [2.75, 3.05) is 5.32 Å². The topological polar surface area (TPSA) is 60.1 Å². The molecule has 0 radical (unpaired) electrons. The third kappa shape index (κ3) is 3.20. The largest absolute Gasteiger partial charge is 0.466 e. The first kappa shape index (κ1) is 18.0. The number of amides is 1. The molecule has 0 aliphatic heterocycles. The fourth-order valence-corrected chi connectivity index (χ4v) is 3.66. The van der Waals surface area contributed by atoms with E-state index < -0.39 is 0 Å². The minimum atomic E-state index is -0.176. The number of furan rings is 1. The number of nitrogens with zero attached hydrogens (tertiary/aromatic N) is 2. The molecule has 2 aromatic heterocycles. The number of carbonyl (C=O) groups is 1. The van der Waals surface area contributed by atoms with E-state index in [1.807, 2.05) is 37.6 Å². The lowest BCUT2D eigenvalue weighted by atomic mass is 10.0. The Bertz CT molecular complexity index is 1180. The highest BCUT2D eigenvalue weighted by molar-refractivity contribution is 6.05. The van der Waals surface area contributed by atoms with Crippen molar-refractivity contribution in [1.29, 1.82) is 0 Å². The summed E-state index contributed by atoms with van der Waals surface area (Å²) < 4.78 is 7.42. The number of aromatic nitrogens is 2. The van der Waals surface area contributed by atoms with E-state index in [9.17, 15) is 4.79 Å². The summed E-state index contributed by atoms with van der Waals surface area (Å²) >= 11 is 0. The molecule has 5 nitrogen and oxygen atoms in total. The lowest BCUT2D eigenvalue weighted by Crippen LogP contribution is -2.13. The number of hydrogen-bond donors (Lipinski definition) is 1. The number of anilines is 1. The van der Waals surface area contributed by atoms with Crippen molar-refractivity contribution in [2.45, 2.75) is 34.2 Å². The maximum atomic E-state index is 12.7. The van der Waals surface area contributed by atoms with Crippen molar-refractivity contribution in [3.8, 4) is 0 Å². The first-order chi connectivity index (χ1) is 13.4. The Morgan fingerprint density at radius 1 is 1.07 bits per heavy atom. The summed E-state index contributed by atoms with van der Waals surface area (Å²) in [5.41, 5.74) is 4.23. The van der Waals surface area contributed by atoms with Gasteiger partial charge in [-0.2, -0.15) is 5.10 Å². The van der Waals surface area contributed by atoms with Gasteiger partial charge in [0.25, 0.3) is 5.91 Å². The lowest BCUT2D eigenvalue weighted by Gasteiger charge is -2.09. The number of hydrogen-bond acceptors (Lipinski definition) is 3. The summed E-state index contributed by atoms with van der Waals surface area (Å²) in [4.78, 5) is 12.7. The minimum absolute atomic E-state index is 0.176. The molecule has 0 unspecified atom stereocenters. The number of nitrogens with one attached hydrogen (secondary N) is 1. The van der Waals surface area contributed by atoms with Gasteiger partial charge >= 0.3 is 0 Å². The highest BCUT2D eigenvalue weighted by Crippen LogP contribution is 2.25. The maximum absolute atomic E-state index is 12.7. The SMILES string of the molecule is Cc1cc(C(=O)Nc2c(C)nn(Cc3cccc4ccccc34)c2C)c(C)o1. The molecule has 0 aliphatic carbocycles. The highest BCUT2D eigenvalue weighted by atomic mass is 16.3. The van der Waals surface area contributed by atoms with Gasteiger partial charge in [0, 0.05) is 0 Å². The van der Waals surface area contributed by atoms with Crippen LogP contribution in [-0.2, 0) is 6.54 Å². The van der Waals surface area contributed by atoms with Crippen LogP contribution in [0.5, 0.6) is 0 Å². The van der Waals surface area contributed by atoms with Crippen LogP contribution < -0.4 is 5.32 Å². The first-order valence-corrected chi connectivity index (χ1v) is 9.33. The van der Waals surface area contributed by atoms with Crippen LogP contribution in [0.1, 0.15) is 38.8 Å². The van der Waals surface area contributed by atoms with Crippen molar-refractivity contribution in [1.82, 2.24) is 9.78 Å². The average molecular weight is 373 g/mol. The summed E-state index contributed by atoms with van der Waals surface area (Å²) in [6, 6.07) is 16.4. The summed E-state index contributed by atoms with van der Waals surface area (Å²) in [5.74, 6) is 1.17. The predicted octanol–water partition coefficient (Wildman–Crippen LogP) is 5.16. The van der Waals surface area contributed by atoms with Crippen LogP contribution in [0.3, 0.4) is 0 Å². The molecule has 1 amide bonds. The molecule has 28 heavy (non-hydrogen) atoms. The van der Waals surface area contributed by atoms with Crippen molar-refractivity contribution < 1.29 is 9.21 Å². The Morgan fingerprint density at radius 2 is 1.82 bits per heavy atom. The van der Waals surface area contributed by atoms with Gasteiger partial charge in [0.05, 0.1) is 29.2 Å². The molecule has 2 aromatic carbocycles. The number of rotatable bonds is 4. The van der Waals surface area contributed by atoms with E-state index in [2.05, 4.69) is 40.7 Å². The molecule has 0 bridgehead atoms. The van der Waals surface area contributed by atoms with E-state index in [4.69, 9.17) is 4.42 Å². The number of carbonyl (C=O) groups excluding carboxylic acids is 1. The zero-order valence-corrected chi connectivity index (χ0v) is 16.5. The second-order valence-electron chi connectivity index (χ2n) is 7.12. The smallest absolute Gasteiger partial charge is 0.259 e. The Hall–Kier alpha value is -3.34. The van der Waals surface area contributed by atoms with Gasteiger partial charge in [-0.05, 0) is 50.1 Å². The van der Waals surface area contributed by atoms with E-state index in [-0.39, 0.29) is 5.91 Å². The fraction of sp³-hybridized carbons (Fsp3) is 0.217. The molecule has 0 fully saturated rings. The first-order valence-electron chi connectivity index (χ1n) is 9.33. The van der Waals surface area contributed by atoms with Gasteiger partial charge in [-0.15, -0.1) is 0 Å². The Morgan fingerprint density at radius 3 is 2.57 bits per heavy atom. The lowest BCUT2D eigenvalue weighted by molar-refractivity contribution is 0.102. The summed E-state index contributed by atoms with van der Waals surface area (Å²) in [6.07, 6.45) is 0. The van der Waals surface area contributed by atoms with Gasteiger partial charge in [-0.25, -0.2) is 0 Å². The van der Waals surface area contributed by atoms with E-state index in [1.54, 1.807) is 13.0 Å². The fourth-order valence-electron chi connectivity index (χ4n) is 3.66. The van der Waals surface area contributed by atoms with E-state index in [0.717, 1.165) is 22.8 Å². The molecule has 0 saturated carbocycles. The van der Waals surface area contributed by atoms with Crippen LogP contribution in [0.15, 0.2) is 52.9 Å². The van der Waals surface area contributed by atoms with Crippen LogP contribution in [-0.4, -0.2) is 15.7 Å². The summed E-state index contributed by atoms with van der Waals surface area (Å²) in [6.45, 7) is 8.17. The van der Waals surface area contributed by atoms with Crippen molar-refractivity contribution >= 4 is 22.4 Å².